The van der Waals surface area contributed by atoms with Crippen molar-refractivity contribution in [2.45, 2.75) is 19.8 Å². The number of carboxylic acids is 1. The van der Waals surface area contributed by atoms with Crippen molar-refractivity contribution in [2.75, 3.05) is 18.5 Å². The minimum absolute atomic E-state index is 0.260. The number of benzene rings is 3. The molecule has 5 heteroatoms. The highest BCUT2D eigenvalue weighted by Gasteiger charge is 2.14. The topological polar surface area (TPSA) is 67.8 Å². The summed E-state index contributed by atoms with van der Waals surface area (Å²) in [7, 11) is 0. The van der Waals surface area contributed by atoms with Gasteiger partial charge in [-0.05, 0) is 66.8 Å². The number of carbonyl (C=O) groups is 1. The van der Waals surface area contributed by atoms with Gasteiger partial charge in [-0.15, -0.1) is 0 Å². The van der Waals surface area contributed by atoms with Crippen LogP contribution in [0.15, 0.2) is 60.7 Å². The molecule has 4 rings (SSSR count). The number of rotatable bonds is 6. The summed E-state index contributed by atoms with van der Waals surface area (Å²) in [4.78, 5) is 11.7. The number of hydrogen-bond acceptors (Lipinski definition) is 4. The zero-order valence-corrected chi connectivity index (χ0v) is 16.3. The molecule has 0 saturated heterocycles. The molecule has 2 N–H and O–H groups in total. The Balaban J connectivity index is 1.53. The minimum Gasteiger partial charge on any atom is -0.486 e. The first kappa shape index (κ1) is 18.9. The minimum atomic E-state index is -0.945. The van der Waals surface area contributed by atoms with E-state index in [1.807, 2.05) is 61.5 Å². The molecule has 3 aromatic carbocycles. The normalized spacial score (nSPS) is 12.4. The molecule has 0 radical (unpaired) electrons. The van der Waals surface area contributed by atoms with Gasteiger partial charge in [0.15, 0.2) is 11.5 Å². The number of fused-ring (bicyclic) bond motifs is 1. The Bertz CT molecular complexity index is 1040. The van der Waals surface area contributed by atoms with E-state index in [1.165, 1.54) is 0 Å². The Hall–Kier alpha value is -3.47. The molecule has 0 saturated carbocycles. The lowest BCUT2D eigenvalue weighted by Gasteiger charge is -2.19. The molecular formula is C24H23NO4. The number of carboxylic acid groups (broad SMARTS) is 1. The summed E-state index contributed by atoms with van der Waals surface area (Å²) in [5, 5.41) is 12.8. The summed E-state index contributed by atoms with van der Waals surface area (Å²) in [5.41, 5.74) is 5.05. The van der Waals surface area contributed by atoms with Gasteiger partial charge in [-0.1, -0.05) is 30.3 Å². The number of nitrogens with one attached hydrogen (secondary N) is 1. The van der Waals surface area contributed by atoms with Crippen molar-refractivity contribution in [3.63, 3.8) is 0 Å². The SMILES string of the molecule is Cc1ccccc1Nc1cc(CCc2ccc3c(c2)OCCO3)ccc1C(=O)O. The number of hydrogen-bond donors (Lipinski definition) is 2. The van der Waals surface area contributed by atoms with Gasteiger partial charge in [-0.3, -0.25) is 0 Å². The number of para-hydroxylation sites is 1. The Morgan fingerprint density at radius 1 is 0.897 bits per heavy atom. The fourth-order valence-corrected chi connectivity index (χ4v) is 3.43. The van der Waals surface area contributed by atoms with Crippen LogP contribution in [0.2, 0.25) is 0 Å². The highest BCUT2D eigenvalue weighted by Crippen LogP contribution is 2.31. The van der Waals surface area contributed by atoms with Crippen LogP contribution in [0, 0.1) is 6.92 Å². The van der Waals surface area contributed by atoms with Crippen LogP contribution in [0.4, 0.5) is 11.4 Å². The van der Waals surface area contributed by atoms with Gasteiger partial charge in [0.25, 0.3) is 0 Å². The second kappa shape index (κ2) is 8.27. The molecule has 29 heavy (non-hydrogen) atoms. The zero-order valence-electron chi connectivity index (χ0n) is 16.3. The van der Waals surface area contributed by atoms with Gasteiger partial charge >= 0.3 is 5.97 Å². The van der Waals surface area contributed by atoms with Crippen LogP contribution in [0.25, 0.3) is 0 Å². The fourth-order valence-electron chi connectivity index (χ4n) is 3.43. The Morgan fingerprint density at radius 2 is 1.59 bits per heavy atom. The third kappa shape index (κ3) is 4.35. The second-order valence-corrected chi connectivity index (χ2v) is 7.10. The van der Waals surface area contributed by atoms with E-state index in [2.05, 4.69) is 5.32 Å². The van der Waals surface area contributed by atoms with Crippen molar-refractivity contribution >= 4 is 17.3 Å². The van der Waals surface area contributed by atoms with Gasteiger partial charge in [0, 0.05) is 5.69 Å². The standard InChI is InChI=1S/C24H23NO4/c1-16-4-2-3-5-20(16)25-21-14-17(8-10-19(21)24(26)27)6-7-18-9-11-22-23(15-18)29-13-12-28-22/h2-5,8-11,14-15,25H,6-7,12-13H2,1H3,(H,26,27). The molecule has 148 valence electrons. The molecule has 0 bridgehead atoms. The molecule has 0 spiro atoms. The predicted octanol–water partition coefficient (Wildman–Crippen LogP) is 4.99. The van der Waals surface area contributed by atoms with Crippen LogP contribution in [0.5, 0.6) is 11.5 Å². The first-order chi connectivity index (χ1) is 14.1. The maximum Gasteiger partial charge on any atom is 0.337 e. The molecule has 0 fully saturated rings. The summed E-state index contributed by atoms with van der Waals surface area (Å²) in [6.07, 6.45) is 1.62. The van der Waals surface area contributed by atoms with Crippen molar-refractivity contribution < 1.29 is 19.4 Å². The molecule has 0 aromatic heterocycles. The number of aromatic carboxylic acids is 1. The monoisotopic (exact) mass is 389 g/mol. The van der Waals surface area contributed by atoms with Crippen molar-refractivity contribution in [2.24, 2.45) is 0 Å². The first-order valence-corrected chi connectivity index (χ1v) is 9.67. The lowest BCUT2D eigenvalue weighted by Crippen LogP contribution is -2.15. The van der Waals surface area contributed by atoms with Gasteiger partial charge in [-0.25, -0.2) is 4.79 Å². The van der Waals surface area contributed by atoms with Gasteiger partial charge < -0.3 is 19.9 Å². The van der Waals surface area contributed by atoms with Gasteiger partial charge in [-0.2, -0.15) is 0 Å². The molecule has 1 heterocycles. The largest absolute Gasteiger partial charge is 0.486 e. The van der Waals surface area contributed by atoms with Crippen molar-refractivity contribution in [1.29, 1.82) is 0 Å². The van der Waals surface area contributed by atoms with Crippen LogP contribution in [0.1, 0.15) is 27.0 Å². The summed E-state index contributed by atoms with van der Waals surface area (Å²) in [5.74, 6) is 0.631. The van der Waals surface area contributed by atoms with Gasteiger partial charge in [0.1, 0.15) is 13.2 Å². The van der Waals surface area contributed by atoms with E-state index in [9.17, 15) is 9.90 Å². The van der Waals surface area contributed by atoms with E-state index in [1.54, 1.807) is 6.07 Å². The average Bonchev–Trinajstić information content (AvgIpc) is 2.73. The highest BCUT2D eigenvalue weighted by molar-refractivity contribution is 5.95. The van der Waals surface area contributed by atoms with Crippen molar-refractivity contribution in [3.05, 3.63) is 82.9 Å². The number of anilines is 2. The van der Waals surface area contributed by atoms with Crippen molar-refractivity contribution in [3.8, 4) is 11.5 Å². The first-order valence-electron chi connectivity index (χ1n) is 9.67. The smallest absolute Gasteiger partial charge is 0.337 e. The fraction of sp³-hybridized carbons (Fsp3) is 0.208. The predicted molar refractivity (Wildman–Crippen MR) is 113 cm³/mol. The molecule has 1 aliphatic rings. The van der Waals surface area contributed by atoms with Gasteiger partial charge in [0.05, 0.1) is 11.3 Å². The maximum absolute atomic E-state index is 11.7. The quantitative estimate of drug-likeness (QED) is 0.621. The number of aryl methyl sites for hydroxylation is 3. The third-order valence-electron chi connectivity index (χ3n) is 5.04. The molecular weight excluding hydrogens is 366 g/mol. The lowest BCUT2D eigenvalue weighted by molar-refractivity contribution is 0.0698. The molecule has 0 amide bonds. The van der Waals surface area contributed by atoms with Crippen LogP contribution in [0.3, 0.4) is 0 Å². The third-order valence-corrected chi connectivity index (χ3v) is 5.04. The Kier molecular flexibility index (Phi) is 5.38. The van der Waals surface area contributed by atoms with Gasteiger partial charge in [0.2, 0.25) is 0 Å². The van der Waals surface area contributed by atoms with Crippen LogP contribution >= 0.6 is 0 Å². The summed E-state index contributed by atoms with van der Waals surface area (Å²) in [6.45, 7) is 3.15. The summed E-state index contributed by atoms with van der Waals surface area (Å²) >= 11 is 0. The van der Waals surface area contributed by atoms with Crippen molar-refractivity contribution in [1.82, 2.24) is 0 Å². The van der Waals surface area contributed by atoms with E-state index in [-0.39, 0.29) is 5.56 Å². The Labute approximate surface area is 169 Å². The van der Waals surface area contributed by atoms with E-state index in [0.717, 1.165) is 46.7 Å². The van der Waals surface area contributed by atoms with Crippen LogP contribution < -0.4 is 14.8 Å². The van der Waals surface area contributed by atoms with E-state index in [4.69, 9.17) is 9.47 Å². The highest BCUT2D eigenvalue weighted by atomic mass is 16.6. The molecule has 5 nitrogen and oxygen atoms in total. The molecule has 1 aliphatic heterocycles. The summed E-state index contributed by atoms with van der Waals surface area (Å²) in [6, 6.07) is 19.3. The van der Waals surface area contributed by atoms with E-state index < -0.39 is 5.97 Å². The Morgan fingerprint density at radius 3 is 2.34 bits per heavy atom. The molecule has 0 atom stereocenters. The number of ether oxygens (including phenoxy) is 2. The average molecular weight is 389 g/mol. The molecule has 3 aromatic rings. The van der Waals surface area contributed by atoms with Crippen LogP contribution in [-0.4, -0.2) is 24.3 Å². The maximum atomic E-state index is 11.7. The summed E-state index contributed by atoms with van der Waals surface area (Å²) < 4.78 is 11.2. The van der Waals surface area contributed by atoms with Crippen LogP contribution in [-0.2, 0) is 12.8 Å². The zero-order chi connectivity index (χ0) is 20.2. The van der Waals surface area contributed by atoms with E-state index >= 15 is 0 Å². The van der Waals surface area contributed by atoms with E-state index in [0.29, 0.717) is 18.9 Å². The molecule has 0 aliphatic carbocycles. The lowest BCUT2D eigenvalue weighted by atomic mass is 10.0. The second-order valence-electron chi connectivity index (χ2n) is 7.10. The molecule has 0 unspecified atom stereocenters.